The van der Waals surface area contributed by atoms with E-state index in [1.165, 1.54) is 12.1 Å². The Labute approximate surface area is 125 Å². The fraction of sp³-hybridized carbons (Fsp3) is 0.500. The van der Waals surface area contributed by atoms with Crippen LogP contribution in [0.1, 0.15) is 24.8 Å². The van der Waals surface area contributed by atoms with Crippen molar-refractivity contribution in [2.24, 2.45) is 0 Å². The molecule has 0 radical (unpaired) electrons. The summed E-state index contributed by atoms with van der Waals surface area (Å²) in [4.78, 5) is 10.7. The summed E-state index contributed by atoms with van der Waals surface area (Å²) in [6, 6.07) is 6.27. The number of rotatable bonds is 10. The zero-order valence-electron chi connectivity index (χ0n) is 12.0. The first-order chi connectivity index (χ1) is 9.95. The van der Waals surface area contributed by atoms with Crippen molar-refractivity contribution in [1.82, 2.24) is 4.72 Å². The van der Waals surface area contributed by atoms with E-state index in [4.69, 9.17) is 9.84 Å². The molecule has 0 fully saturated rings. The van der Waals surface area contributed by atoms with Gasteiger partial charge in [-0.2, -0.15) is 0 Å². The number of benzene rings is 1. The van der Waals surface area contributed by atoms with Gasteiger partial charge in [-0.1, -0.05) is 12.1 Å². The maximum Gasteiger partial charge on any atom is 0.303 e. The first-order valence-electron chi connectivity index (χ1n) is 6.75. The van der Waals surface area contributed by atoms with Crippen LogP contribution in [0.4, 0.5) is 0 Å². The second-order valence-corrected chi connectivity index (χ2v) is 6.40. The molecule has 0 bridgehead atoms. The van der Waals surface area contributed by atoms with Gasteiger partial charge in [0.2, 0.25) is 10.0 Å². The predicted octanol–water partition coefficient (Wildman–Crippen LogP) is 1.41. The molecule has 0 aliphatic carbocycles. The van der Waals surface area contributed by atoms with E-state index in [2.05, 4.69) is 4.72 Å². The number of sulfonamides is 1. The highest BCUT2D eigenvalue weighted by molar-refractivity contribution is 7.89. The fourth-order valence-electron chi connectivity index (χ4n) is 1.75. The van der Waals surface area contributed by atoms with Gasteiger partial charge in [0.25, 0.3) is 0 Å². The number of hydrogen-bond donors (Lipinski definition) is 2. The Morgan fingerprint density at radius 1 is 1.24 bits per heavy atom. The molecular formula is C14H21NO5S. The molecule has 7 heteroatoms. The predicted molar refractivity (Wildman–Crippen MR) is 78.7 cm³/mol. The molecule has 6 nitrogen and oxygen atoms in total. The number of ether oxygens (including phenoxy) is 1. The topological polar surface area (TPSA) is 92.7 Å². The summed E-state index contributed by atoms with van der Waals surface area (Å²) in [5.41, 5.74) is 0.802. The molecule has 0 spiro atoms. The monoisotopic (exact) mass is 315 g/mol. The number of unbranched alkanes of at least 4 members (excludes halogenated alkanes) is 1. The van der Waals surface area contributed by atoms with Crippen molar-refractivity contribution in [2.45, 2.75) is 30.6 Å². The fourth-order valence-corrected chi connectivity index (χ4v) is 2.82. The molecule has 0 unspecified atom stereocenters. The first kappa shape index (κ1) is 17.6. The minimum absolute atomic E-state index is 0.0316. The Morgan fingerprint density at radius 3 is 2.48 bits per heavy atom. The number of carboxylic acid groups (broad SMARTS) is 1. The molecule has 21 heavy (non-hydrogen) atoms. The third-order valence-electron chi connectivity index (χ3n) is 2.93. The molecule has 0 aromatic heterocycles. The second-order valence-electron chi connectivity index (χ2n) is 4.64. The highest BCUT2D eigenvalue weighted by Crippen LogP contribution is 2.12. The first-order valence-corrected chi connectivity index (χ1v) is 8.23. The number of carbonyl (C=O) groups is 1. The Kier molecular flexibility index (Phi) is 7.35. The van der Waals surface area contributed by atoms with Gasteiger partial charge >= 0.3 is 5.97 Å². The van der Waals surface area contributed by atoms with Crippen LogP contribution in [0, 0.1) is 0 Å². The van der Waals surface area contributed by atoms with E-state index in [-0.39, 0.29) is 11.3 Å². The van der Waals surface area contributed by atoms with E-state index < -0.39 is 16.0 Å². The van der Waals surface area contributed by atoms with Crippen LogP contribution in [0.3, 0.4) is 0 Å². The minimum Gasteiger partial charge on any atom is -0.481 e. The van der Waals surface area contributed by atoms with Crippen molar-refractivity contribution in [1.29, 1.82) is 0 Å². The molecular weight excluding hydrogens is 294 g/mol. The number of aliphatic carboxylic acids is 1. The van der Waals surface area contributed by atoms with Crippen LogP contribution in [0.2, 0.25) is 0 Å². The van der Waals surface area contributed by atoms with Crippen molar-refractivity contribution >= 4 is 16.0 Å². The Bertz CT molecular complexity index is 539. The Balaban J connectivity index is 2.52. The van der Waals surface area contributed by atoms with Crippen LogP contribution in [-0.4, -0.2) is 39.8 Å². The largest absolute Gasteiger partial charge is 0.481 e. The summed E-state index contributed by atoms with van der Waals surface area (Å²) in [6.45, 7) is 0.979. The lowest BCUT2D eigenvalue weighted by molar-refractivity contribution is -0.136. The SMILES string of the molecule is COCCCCNS(=O)(=O)c1ccc(CCC(=O)O)cc1. The quantitative estimate of drug-likeness (QED) is 0.637. The molecule has 0 amide bonds. The van der Waals surface area contributed by atoms with Crippen LogP contribution < -0.4 is 4.72 Å². The Morgan fingerprint density at radius 2 is 1.90 bits per heavy atom. The van der Waals surface area contributed by atoms with Crippen LogP contribution in [0.25, 0.3) is 0 Å². The maximum atomic E-state index is 12.0. The summed E-state index contributed by atoms with van der Waals surface area (Å²) in [5.74, 6) is -0.871. The van der Waals surface area contributed by atoms with E-state index in [1.54, 1.807) is 19.2 Å². The highest BCUT2D eigenvalue weighted by Gasteiger charge is 2.12. The van der Waals surface area contributed by atoms with E-state index in [1.807, 2.05) is 0 Å². The molecule has 0 saturated carbocycles. The lowest BCUT2D eigenvalue weighted by atomic mass is 10.1. The van der Waals surface area contributed by atoms with Crippen molar-refractivity contribution in [3.8, 4) is 0 Å². The van der Waals surface area contributed by atoms with E-state index in [0.717, 1.165) is 12.0 Å². The molecule has 0 aliphatic heterocycles. The summed E-state index contributed by atoms with van der Waals surface area (Å²) in [5, 5.41) is 8.60. The third kappa shape index (κ3) is 6.70. The highest BCUT2D eigenvalue weighted by atomic mass is 32.2. The van der Waals surface area contributed by atoms with Gasteiger partial charge in [0, 0.05) is 26.7 Å². The van der Waals surface area contributed by atoms with Crippen LogP contribution in [-0.2, 0) is 26.0 Å². The van der Waals surface area contributed by atoms with E-state index in [9.17, 15) is 13.2 Å². The van der Waals surface area contributed by atoms with Gasteiger partial charge in [0.1, 0.15) is 0 Å². The normalized spacial score (nSPS) is 11.5. The van der Waals surface area contributed by atoms with Crippen molar-refractivity contribution in [3.63, 3.8) is 0 Å². The number of hydrogen-bond acceptors (Lipinski definition) is 4. The van der Waals surface area contributed by atoms with E-state index in [0.29, 0.717) is 26.0 Å². The second kappa shape index (κ2) is 8.76. The molecule has 118 valence electrons. The van der Waals surface area contributed by atoms with Gasteiger partial charge in [0.15, 0.2) is 0 Å². The molecule has 0 aliphatic rings. The van der Waals surface area contributed by atoms with Crippen LogP contribution in [0.5, 0.6) is 0 Å². The minimum atomic E-state index is -3.50. The van der Waals surface area contributed by atoms with E-state index >= 15 is 0 Å². The molecule has 1 rings (SSSR count). The van der Waals surface area contributed by atoms with Gasteiger partial charge in [-0.25, -0.2) is 13.1 Å². The molecule has 1 aromatic rings. The van der Waals surface area contributed by atoms with Crippen molar-refractivity contribution < 1.29 is 23.1 Å². The lowest BCUT2D eigenvalue weighted by Crippen LogP contribution is -2.25. The van der Waals surface area contributed by atoms with Gasteiger partial charge < -0.3 is 9.84 Å². The van der Waals surface area contributed by atoms with Crippen molar-refractivity contribution in [2.75, 3.05) is 20.3 Å². The van der Waals surface area contributed by atoms with Crippen LogP contribution >= 0.6 is 0 Å². The standard InChI is InChI=1S/C14H21NO5S/c1-20-11-3-2-10-15-21(18,19)13-7-4-12(5-8-13)6-9-14(16)17/h4-5,7-8,15H,2-3,6,9-11H2,1H3,(H,16,17). The maximum absolute atomic E-state index is 12.0. The number of aryl methyl sites for hydroxylation is 1. The summed E-state index contributed by atoms with van der Waals surface area (Å²) >= 11 is 0. The van der Waals surface area contributed by atoms with Gasteiger partial charge in [-0.15, -0.1) is 0 Å². The molecule has 2 N–H and O–H groups in total. The zero-order valence-corrected chi connectivity index (χ0v) is 12.9. The van der Waals surface area contributed by atoms with Crippen molar-refractivity contribution in [3.05, 3.63) is 29.8 Å². The summed E-state index contributed by atoms with van der Waals surface area (Å²) in [7, 11) is -1.90. The average Bonchev–Trinajstić information content (AvgIpc) is 2.45. The molecule has 0 atom stereocenters. The Hall–Kier alpha value is -1.44. The number of nitrogens with one attached hydrogen (secondary N) is 1. The van der Waals surface area contributed by atoms with Gasteiger partial charge in [0.05, 0.1) is 4.90 Å². The molecule has 0 saturated heterocycles. The summed E-state index contributed by atoms with van der Waals surface area (Å²) < 4.78 is 31.4. The zero-order chi connectivity index (χ0) is 15.7. The lowest BCUT2D eigenvalue weighted by Gasteiger charge is -2.07. The average molecular weight is 315 g/mol. The van der Waals surface area contributed by atoms with Gasteiger partial charge in [-0.05, 0) is 37.0 Å². The number of methoxy groups -OCH3 is 1. The summed E-state index contributed by atoms with van der Waals surface area (Å²) in [6.07, 6.45) is 1.93. The molecule has 1 aromatic carbocycles. The van der Waals surface area contributed by atoms with Crippen LogP contribution in [0.15, 0.2) is 29.2 Å². The third-order valence-corrected chi connectivity index (χ3v) is 4.41. The number of carboxylic acids is 1. The smallest absolute Gasteiger partial charge is 0.303 e. The molecule has 0 heterocycles. The van der Waals surface area contributed by atoms with Gasteiger partial charge in [-0.3, -0.25) is 4.79 Å².